The van der Waals surface area contributed by atoms with Crippen LogP contribution in [-0.2, 0) is 0 Å². The van der Waals surface area contributed by atoms with Crippen molar-refractivity contribution in [2.45, 2.75) is 32.6 Å². The standard InChI is InChI=1S/C15H18ClN3/c1-10(2)11-5-6-13-12(9-11)14(18-15(16)17-13)19-7-3-4-8-19/h5-6,9-10H,3-4,7-8H2,1-2H3. The predicted molar refractivity (Wildman–Crippen MR) is 80.1 cm³/mol. The first-order valence-electron chi connectivity index (χ1n) is 6.87. The molecule has 1 aromatic heterocycles. The molecule has 100 valence electrons. The topological polar surface area (TPSA) is 29.0 Å². The van der Waals surface area contributed by atoms with Crippen molar-refractivity contribution in [1.82, 2.24) is 9.97 Å². The van der Waals surface area contributed by atoms with Gasteiger partial charge in [-0.05, 0) is 48.1 Å². The summed E-state index contributed by atoms with van der Waals surface area (Å²) in [4.78, 5) is 11.1. The zero-order valence-electron chi connectivity index (χ0n) is 11.4. The van der Waals surface area contributed by atoms with Crippen LogP contribution in [0, 0.1) is 0 Å². The molecule has 0 saturated carbocycles. The zero-order valence-corrected chi connectivity index (χ0v) is 12.1. The second-order valence-corrected chi connectivity index (χ2v) is 5.78. The van der Waals surface area contributed by atoms with Crippen LogP contribution in [0.3, 0.4) is 0 Å². The molecule has 2 heterocycles. The third kappa shape index (κ3) is 2.39. The van der Waals surface area contributed by atoms with E-state index in [2.05, 4.69) is 46.9 Å². The summed E-state index contributed by atoms with van der Waals surface area (Å²) in [6.45, 7) is 6.53. The van der Waals surface area contributed by atoms with Gasteiger partial charge in [-0.1, -0.05) is 19.9 Å². The van der Waals surface area contributed by atoms with Crippen LogP contribution in [0.4, 0.5) is 5.82 Å². The minimum absolute atomic E-state index is 0.340. The van der Waals surface area contributed by atoms with Gasteiger partial charge < -0.3 is 4.90 Å². The molecular weight excluding hydrogens is 258 g/mol. The maximum atomic E-state index is 6.06. The fourth-order valence-corrected chi connectivity index (χ4v) is 2.80. The van der Waals surface area contributed by atoms with Crippen LogP contribution in [0.25, 0.3) is 10.9 Å². The Bertz CT molecular complexity index is 604. The minimum atomic E-state index is 0.340. The van der Waals surface area contributed by atoms with Crippen LogP contribution in [-0.4, -0.2) is 23.1 Å². The number of halogens is 1. The molecule has 0 N–H and O–H groups in total. The van der Waals surface area contributed by atoms with Crippen LogP contribution in [0.2, 0.25) is 5.28 Å². The van der Waals surface area contributed by atoms with E-state index in [4.69, 9.17) is 11.6 Å². The van der Waals surface area contributed by atoms with Gasteiger partial charge in [-0.3, -0.25) is 0 Å². The first-order chi connectivity index (χ1) is 9.15. The Balaban J connectivity index is 2.19. The molecule has 2 aromatic rings. The van der Waals surface area contributed by atoms with Gasteiger partial charge in [0.05, 0.1) is 5.52 Å². The largest absolute Gasteiger partial charge is 0.356 e. The van der Waals surface area contributed by atoms with Crippen molar-refractivity contribution < 1.29 is 0 Å². The lowest BCUT2D eigenvalue weighted by Crippen LogP contribution is -2.19. The van der Waals surface area contributed by atoms with E-state index < -0.39 is 0 Å². The number of nitrogens with zero attached hydrogens (tertiary/aromatic N) is 3. The second-order valence-electron chi connectivity index (χ2n) is 5.44. The smallest absolute Gasteiger partial charge is 0.224 e. The lowest BCUT2D eigenvalue weighted by Gasteiger charge is -2.19. The molecule has 0 amide bonds. The van der Waals surface area contributed by atoms with Gasteiger partial charge in [-0.15, -0.1) is 0 Å². The first kappa shape index (κ1) is 12.7. The Morgan fingerprint density at radius 1 is 1.16 bits per heavy atom. The third-order valence-corrected chi connectivity index (χ3v) is 3.91. The van der Waals surface area contributed by atoms with Gasteiger partial charge in [0.15, 0.2) is 0 Å². The summed E-state index contributed by atoms with van der Waals surface area (Å²) in [6.07, 6.45) is 2.46. The Kier molecular flexibility index (Phi) is 3.31. The number of hydrogen-bond donors (Lipinski definition) is 0. The van der Waals surface area contributed by atoms with Gasteiger partial charge in [0.25, 0.3) is 0 Å². The van der Waals surface area contributed by atoms with E-state index >= 15 is 0 Å². The summed E-state index contributed by atoms with van der Waals surface area (Å²) >= 11 is 6.06. The monoisotopic (exact) mass is 275 g/mol. The van der Waals surface area contributed by atoms with Crippen molar-refractivity contribution in [3.05, 3.63) is 29.0 Å². The van der Waals surface area contributed by atoms with Crippen molar-refractivity contribution >= 4 is 28.3 Å². The molecule has 0 spiro atoms. The van der Waals surface area contributed by atoms with E-state index in [0.717, 1.165) is 29.8 Å². The van der Waals surface area contributed by atoms with E-state index in [1.807, 2.05) is 0 Å². The fraction of sp³-hybridized carbons (Fsp3) is 0.467. The van der Waals surface area contributed by atoms with Crippen molar-refractivity contribution in [2.24, 2.45) is 0 Å². The maximum Gasteiger partial charge on any atom is 0.224 e. The van der Waals surface area contributed by atoms with Crippen LogP contribution in [0.15, 0.2) is 18.2 Å². The average molecular weight is 276 g/mol. The van der Waals surface area contributed by atoms with Gasteiger partial charge >= 0.3 is 0 Å². The SMILES string of the molecule is CC(C)c1ccc2nc(Cl)nc(N3CCCC3)c2c1. The van der Waals surface area contributed by atoms with E-state index in [9.17, 15) is 0 Å². The summed E-state index contributed by atoms with van der Waals surface area (Å²) in [6, 6.07) is 6.39. The van der Waals surface area contributed by atoms with E-state index in [1.165, 1.54) is 18.4 Å². The zero-order chi connectivity index (χ0) is 13.4. The summed E-state index contributed by atoms with van der Waals surface area (Å²) in [5.74, 6) is 1.50. The number of aromatic nitrogens is 2. The van der Waals surface area contributed by atoms with Gasteiger partial charge in [-0.2, -0.15) is 4.98 Å². The Labute approximate surface area is 118 Å². The van der Waals surface area contributed by atoms with Gasteiger partial charge in [0.2, 0.25) is 5.28 Å². The molecule has 3 rings (SSSR count). The Hall–Kier alpha value is -1.35. The van der Waals surface area contributed by atoms with Gasteiger partial charge in [0, 0.05) is 18.5 Å². The van der Waals surface area contributed by atoms with Crippen molar-refractivity contribution in [1.29, 1.82) is 0 Å². The molecule has 19 heavy (non-hydrogen) atoms. The molecule has 1 aliphatic heterocycles. The molecule has 1 fully saturated rings. The molecule has 1 saturated heterocycles. The summed E-state index contributed by atoms with van der Waals surface area (Å²) in [5, 5.41) is 1.46. The highest BCUT2D eigenvalue weighted by atomic mass is 35.5. The minimum Gasteiger partial charge on any atom is -0.356 e. The number of rotatable bonds is 2. The fourth-order valence-electron chi connectivity index (χ4n) is 2.63. The molecule has 3 nitrogen and oxygen atoms in total. The van der Waals surface area contributed by atoms with Gasteiger partial charge in [0.1, 0.15) is 5.82 Å². The Morgan fingerprint density at radius 3 is 2.58 bits per heavy atom. The highest BCUT2D eigenvalue weighted by molar-refractivity contribution is 6.28. The first-order valence-corrected chi connectivity index (χ1v) is 7.25. The average Bonchev–Trinajstić information content (AvgIpc) is 2.90. The molecule has 0 atom stereocenters. The molecule has 0 aliphatic carbocycles. The molecule has 0 unspecified atom stereocenters. The van der Waals surface area contributed by atoms with Crippen molar-refractivity contribution in [2.75, 3.05) is 18.0 Å². The number of fused-ring (bicyclic) bond motifs is 1. The van der Waals surface area contributed by atoms with Gasteiger partial charge in [-0.25, -0.2) is 4.98 Å². The second kappa shape index (κ2) is 4.97. The molecule has 0 radical (unpaired) electrons. The molecular formula is C15H18ClN3. The summed E-state index contributed by atoms with van der Waals surface area (Å²) in [5.41, 5.74) is 2.25. The Morgan fingerprint density at radius 2 is 1.89 bits per heavy atom. The summed E-state index contributed by atoms with van der Waals surface area (Å²) in [7, 11) is 0. The quantitative estimate of drug-likeness (QED) is 0.776. The van der Waals surface area contributed by atoms with Crippen molar-refractivity contribution in [3.63, 3.8) is 0 Å². The van der Waals surface area contributed by atoms with Crippen molar-refractivity contribution in [3.8, 4) is 0 Å². The highest BCUT2D eigenvalue weighted by Gasteiger charge is 2.18. The highest BCUT2D eigenvalue weighted by Crippen LogP contribution is 2.30. The van der Waals surface area contributed by atoms with Crippen LogP contribution >= 0.6 is 11.6 Å². The predicted octanol–water partition coefficient (Wildman–Crippen LogP) is 4.01. The molecule has 4 heteroatoms. The van der Waals surface area contributed by atoms with Crippen LogP contribution in [0.5, 0.6) is 0 Å². The maximum absolute atomic E-state index is 6.06. The molecule has 1 aliphatic rings. The molecule has 1 aromatic carbocycles. The van der Waals surface area contributed by atoms with E-state index in [0.29, 0.717) is 11.2 Å². The lowest BCUT2D eigenvalue weighted by molar-refractivity contribution is 0.867. The number of anilines is 1. The lowest BCUT2D eigenvalue weighted by atomic mass is 10.0. The number of hydrogen-bond acceptors (Lipinski definition) is 3. The summed E-state index contributed by atoms with van der Waals surface area (Å²) < 4.78 is 0. The normalized spacial score (nSPS) is 15.7. The van der Waals surface area contributed by atoms with Crippen LogP contribution < -0.4 is 4.90 Å². The van der Waals surface area contributed by atoms with Crippen LogP contribution in [0.1, 0.15) is 38.2 Å². The molecule has 0 bridgehead atoms. The van der Waals surface area contributed by atoms with E-state index in [1.54, 1.807) is 0 Å². The third-order valence-electron chi connectivity index (χ3n) is 3.74. The number of benzene rings is 1. The van der Waals surface area contributed by atoms with E-state index in [-0.39, 0.29) is 0 Å².